The number of aryl methyl sites for hydroxylation is 1. The Hall–Kier alpha value is -1.42. The Morgan fingerprint density at radius 1 is 1.57 bits per heavy atom. The highest BCUT2D eigenvalue weighted by Crippen LogP contribution is 2.34. The van der Waals surface area contributed by atoms with Gasteiger partial charge in [-0.1, -0.05) is 0 Å². The van der Waals surface area contributed by atoms with Gasteiger partial charge in [0.15, 0.2) is 0 Å². The highest BCUT2D eigenvalue weighted by molar-refractivity contribution is 7.16. The molecule has 0 bridgehead atoms. The van der Waals surface area contributed by atoms with E-state index in [1.54, 1.807) is 0 Å². The number of nitrogens with two attached hydrogens (primary N) is 1. The van der Waals surface area contributed by atoms with E-state index in [4.69, 9.17) is 5.73 Å². The number of amides is 1. The van der Waals surface area contributed by atoms with Crippen LogP contribution in [0.4, 0.5) is 5.00 Å². The van der Waals surface area contributed by atoms with E-state index >= 15 is 0 Å². The van der Waals surface area contributed by atoms with Crippen molar-refractivity contribution in [2.75, 3.05) is 25.5 Å². The van der Waals surface area contributed by atoms with E-state index in [2.05, 4.69) is 11.4 Å². The summed E-state index contributed by atoms with van der Waals surface area (Å²) in [5.41, 5.74) is 7.32. The minimum Gasteiger partial charge on any atom is -0.329 e. The van der Waals surface area contributed by atoms with Gasteiger partial charge >= 0.3 is 0 Å². The Morgan fingerprint density at radius 2 is 2.24 bits per heavy atom. The number of nitriles is 1. The quantitative estimate of drug-likeness (QED) is 0.840. The molecule has 1 unspecified atom stereocenters. The molecule has 1 aromatic rings. The molecule has 6 heteroatoms. The van der Waals surface area contributed by atoms with Crippen molar-refractivity contribution in [1.82, 2.24) is 4.90 Å². The van der Waals surface area contributed by atoms with Gasteiger partial charge in [0.25, 0.3) is 0 Å². The molecule has 1 heterocycles. The Kier molecular flexibility index (Phi) is 4.99. The van der Waals surface area contributed by atoms with Crippen LogP contribution in [0, 0.1) is 31.1 Å². The van der Waals surface area contributed by atoms with Crippen molar-refractivity contribution < 1.29 is 4.79 Å². The van der Waals surface area contributed by atoms with Crippen molar-refractivity contribution in [3.8, 4) is 6.07 Å². The maximum absolute atomic E-state index is 12.2. The molecule has 0 aliphatic heterocycles. The Bertz CT molecular complexity index is 571. The number of hydrogen-bond acceptors (Lipinski definition) is 5. The smallest absolute Gasteiger partial charge is 0.239 e. The molecule has 1 aliphatic rings. The summed E-state index contributed by atoms with van der Waals surface area (Å²) in [4.78, 5) is 15.3. The summed E-state index contributed by atoms with van der Waals surface area (Å²) >= 11 is 1.46. The average molecular weight is 306 g/mol. The third kappa shape index (κ3) is 3.62. The molecule has 5 nitrogen and oxygen atoms in total. The molecule has 1 saturated carbocycles. The summed E-state index contributed by atoms with van der Waals surface area (Å²) in [7, 11) is 1.94. The highest BCUT2D eigenvalue weighted by atomic mass is 32.1. The van der Waals surface area contributed by atoms with Crippen molar-refractivity contribution in [2.24, 2.45) is 11.7 Å². The molecule has 0 spiro atoms. The summed E-state index contributed by atoms with van der Waals surface area (Å²) in [5, 5.41) is 12.7. The predicted molar refractivity (Wildman–Crippen MR) is 85.3 cm³/mol. The van der Waals surface area contributed by atoms with Gasteiger partial charge in [0, 0.05) is 17.5 Å². The van der Waals surface area contributed by atoms with Crippen LogP contribution >= 0.6 is 11.3 Å². The average Bonchev–Trinajstić information content (AvgIpc) is 3.20. The van der Waals surface area contributed by atoms with E-state index in [0.717, 1.165) is 10.4 Å². The first-order valence-electron chi connectivity index (χ1n) is 7.18. The molecule has 1 fully saturated rings. The standard InChI is InChI=1S/C15H22N4OS/c1-9-10(2)21-15(12(9)6-16)18-14(20)8-19(3)13(7-17)11-4-5-11/h11,13H,4-5,7-8,17H2,1-3H3,(H,18,20). The van der Waals surface area contributed by atoms with Crippen LogP contribution in [-0.2, 0) is 4.79 Å². The van der Waals surface area contributed by atoms with Crippen LogP contribution in [0.1, 0.15) is 28.8 Å². The number of likely N-dealkylation sites (N-methyl/N-ethyl adjacent to an activating group) is 1. The van der Waals surface area contributed by atoms with Gasteiger partial charge in [-0.15, -0.1) is 11.3 Å². The molecule has 1 amide bonds. The van der Waals surface area contributed by atoms with Crippen LogP contribution in [0.5, 0.6) is 0 Å². The summed E-state index contributed by atoms with van der Waals surface area (Å²) in [6.45, 7) is 4.75. The maximum Gasteiger partial charge on any atom is 0.239 e. The van der Waals surface area contributed by atoms with Crippen LogP contribution in [0.2, 0.25) is 0 Å². The van der Waals surface area contributed by atoms with E-state index in [-0.39, 0.29) is 11.9 Å². The van der Waals surface area contributed by atoms with Gasteiger partial charge in [-0.3, -0.25) is 9.69 Å². The Balaban J connectivity index is 1.98. The molecule has 0 radical (unpaired) electrons. The van der Waals surface area contributed by atoms with Crippen molar-refractivity contribution >= 4 is 22.2 Å². The lowest BCUT2D eigenvalue weighted by molar-refractivity contribution is -0.117. The molecular weight excluding hydrogens is 284 g/mol. The topological polar surface area (TPSA) is 82.2 Å². The zero-order chi connectivity index (χ0) is 15.6. The van der Waals surface area contributed by atoms with E-state index in [0.29, 0.717) is 29.6 Å². The zero-order valence-electron chi connectivity index (χ0n) is 12.8. The lowest BCUT2D eigenvalue weighted by Gasteiger charge is -2.26. The van der Waals surface area contributed by atoms with Gasteiger partial charge < -0.3 is 11.1 Å². The maximum atomic E-state index is 12.2. The van der Waals surface area contributed by atoms with Crippen LogP contribution < -0.4 is 11.1 Å². The van der Waals surface area contributed by atoms with Gasteiger partial charge in [-0.05, 0) is 45.2 Å². The first-order valence-corrected chi connectivity index (χ1v) is 7.99. The second kappa shape index (κ2) is 6.56. The van der Waals surface area contributed by atoms with Crippen LogP contribution in [0.25, 0.3) is 0 Å². The number of carbonyl (C=O) groups excluding carboxylic acids is 1. The van der Waals surface area contributed by atoms with Crippen LogP contribution in [0.3, 0.4) is 0 Å². The minimum absolute atomic E-state index is 0.0886. The van der Waals surface area contributed by atoms with Crippen LogP contribution in [0.15, 0.2) is 0 Å². The molecule has 1 atom stereocenters. The molecule has 21 heavy (non-hydrogen) atoms. The second-order valence-electron chi connectivity index (χ2n) is 5.70. The van der Waals surface area contributed by atoms with Gasteiger partial charge in [-0.25, -0.2) is 0 Å². The van der Waals surface area contributed by atoms with Crippen LogP contribution in [-0.4, -0.2) is 37.0 Å². The molecular formula is C15H22N4OS. The summed E-state index contributed by atoms with van der Waals surface area (Å²) in [6.07, 6.45) is 2.41. The fourth-order valence-corrected chi connectivity index (χ4v) is 3.60. The van der Waals surface area contributed by atoms with Gasteiger partial charge in [0.1, 0.15) is 11.1 Å². The Labute approximate surface area is 129 Å². The molecule has 0 saturated heterocycles. The zero-order valence-corrected chi connectivity index (χ0v) is 13.6. The third-order valence-corrected chi connectivity index (χ3v) is 5.24. The second-order valence-corrected chi connectivity index (χ2v) is 6.93. The van der Waals surface area contributed by atoms with E-state index in [1.165, 1.54) is 24.2 Å². The number of nitrogens with zero attached hydrogens (tertiary/aromatic N) is 2. The monoisotopic (exact) mass is 306 g/mol. The van der Waals surface area contributed by atoms with Gasteiger partial charge in [-0.2, -0.15) is 5.26 Å². The highest BCUT2D eigenvalue weighted by Gasteiger charge is 2.33. The number of nitrogens with one attached hydrogen (secondary N) is 1. The lowest BCUT2D eigenvalue weighted by Crippen LogP contribution is -2.43. The van der Waals surface area contributed by atoms with E-state index in [9.17, 15) is 10.1 Å². The minimum atomic E-state index is -0.0886. The first-order chi connectivity index (χ1) is 9.97. The van der Waals surface area contributed by atoms with Crippen molar-refractivity contribution in [2.45, 2.75) is 32.7 Å². The summed E-state index contributed by atoms with van der Waals surface area (Å²) in [5.74, 6) is 0.544. The first kappa shape index (κ1) is 16.0. The largest absolute Gasteiger partial charge is 0.329 e. The lowest BCUT2D eigenvalue weighted by atomic mass is 10.1. The molecule has 114 valence electrons. The molecule has 3 N–H and O–H groups in total. The van der Waals surface area contributed by atoms with E-state index in [1.807, 2.05) is 25.8 Å². The number of thiophene rings is 1. The normalized spacial score (nSPS) is 15.8. The molecule has 0 aromatic carbocycles. The molecule has 2 rings (SSSR count). The van der Waals surface area contributed by atoms with Gasteiger partial charge in [0.05, 0.1) is 12.1 Å². The third-order valence-electron chi connectivity index (χ3n) is 4.12. The number of carbonyl (C=O) groups is 1. The SMILES string of the molecule is Cc1sc(NC(=O)CN(C)C(CN)C2CC2)c(C#N)c1C. The van der Waals surface area contributed by atoms with Crippen molar-refractivity contribution in [3.63, 3.8) is 0 Å². The Morgan fingerprint density at radius 3 is 2.76 bits per heavy atom. The van der Waals surface area contributed by atoms with Crippen molar-refractivity contribution in [1.29, 1.82) is 5.26 Å². The summed E-state index contributed by atoms with van der Waals surface area (Å²) in [6, 6.07) is 2.44. The molecule has 1 aliphatic carbocycles. The summed E-state index contributed by atoms with van der Waals surface area (Å²) < 4.78 is 0. The molecule has 1 aromatic heterocycles. The number of hydrogen-bond donors (Lipinski definition) is 2. The van der Waals surface area contributed by atoms with Gasteiger partial charge in [0.2, 0.25) is 5.91 Å². The predicted octanol–water partition coefficient (Wildman–Crippen LogP) is 1.84. The number of rotatable bonds is 6. The fourth-order valence-electron chi connectivity index (χ4n) is 2.57. The number of anilines is 1. The van der Waals surface area contributed by atoms with Crippen molar-refractivity contribution in [3.05, 3.63) is 16.0 Å². The van der Waals surface area contributed by atoms with E-state index < -0.39 is 0 Å². The fraction of sp³-hybridized carbons (Fsp3) is 0.600.